The Bertz CT molecular complexity index is 489. The molecule has 0 atom stereocenters. The van der Waals surface area contributed by atoms with E-state index in [0.717, 1.165) is 18.5 Å². The van der Waals surface area contributed by atoms with E-state index in [2.05, 4.69) is 17.0 Å². The second-order valence-electron chi connectivity index (χ2n) is 4.61. The maximum absolute atomic E-state index is 12.0. The number of anilines is 1. The van der Waals surface area contributed by atoms with Gasteiger partial charge in [0, 0.05) is 12.7 Å². The van der Waals surface area contributed by atoms with E-state index < -0.39 is 10.0 Å². The van der Waals surface area contributed by atoms with E-state index in [9.17, 15) is 8.42 Å². The lowest BCUT2D eigenvalue weighted by molar-refractivity contribution is 0.185. The van der Waals surface area contributed by atoms with E-state index in [4.69, 9.17) is 4.74 Å². The first kappa shape index (κ1) is 16.9. The molecule has 0 heterocycles. The lowest BCUT2D eigenvalue weighted by Crippen LogP contribution is -2.23. The molecule has 0 unspecified atom stereocenters. The zero-order valence-electron chi connectivity index (χ0n) is 12.2. The first-order chi connectivity index (χ1) is 9.59. The zero-order valence-corrected chi connectivity index (χ0v) is 13.0. The second-order valence-corrected chi connectivity index (χ2v) is 6.46. The van der Waals surface area contributed by atoms with Gasteiger partial charge >= 0.3 is 0 Å². The van der Waals surface area contributed by atoms with Crippen LogP contribution in [0.15, 0.2) is 24.3 Å². The molecule has 0 aliphatic rings. The molecule has 20 heavy (non-hydrogen) atoms. The molecule has 2 N–H and O–H groups in total. The van der Waals surface area contributed by atoms with Gasteiger partial charge in [0.2, 0.25) is 10.0 Å². The average molecular weight is 300 g/mol. The molecular formula is C14H24N2O3S. The van der Waals surface area contributed by atoms with E-state index in [1.54, 1.807) is 19.2 Å². The molecule has 0 amide bonds. The lowest BCUT2D eigenvalue weighted by Gasteiger charge is -2.12. The minimum absolute atomic E-state index is 0.116. The molecule has 5 nitrogen and oxygen atoms in total. The van der Waals surface area contributed by atoms with Crippen molar-refractivity contribution in [2.45, 2.75) is 26.4 Å². The Morgan fingerprint density at radius 3 is 2.65 bits per heavy atom. The summed E-state index contributed by atoms with van der Waals surface area (Å²) in [7, 11) is -1.72. The van der Waals surface area contributed by atoms with Crippen molar-refractivity contribution >= 4 is 15.7 Å². The molecule has 0 bridgehead atoms. The van der Waals surface area contributed by atoms with Crippen molar-refractivity contribution in [3.8, 4) is 0 Å². The third kappa shape index (κ3) is 6.36. The van der Waals surface area contributed by atoms with Crippen molar-refractivity contribution < 1.29 is 13.2 Å². The molecule has 0 saturated heterocycles. The summed E-state index contributed by atoms with van der Waals surface area (Å²) in [6.07, 6.45) is 1.65. The second kappa shape index (κ2) is 8.94. The van der Waals surface area contributed by atoms with Gasteiger partial charge in [-0.15, -0.1) is 0 Å². The standard InChI is InChI=1S/C14H24N2O3S/c1-3-9-15-10-6-11-20(17,18)16-14-8-5-4-7-13(14)12-19-2/h4-5,7-8,15-16H,3,6,9-12H2,1-2H3. The number of sulfonamides is 1. The fourth-order valence-corrected chi connectivity index (χ4v) is 2.97. The Kier molecular flexibility index (Phi) is 7.58. The van der Waals surface area contributed by atoms with Gasteiger partial charge in [-0.25, -0.2) is 8.42 Å². The third-order valence-corrected chi connectivity index (χ3v) is 4.13. The quantitative estimate of drug-likeness (QED) is 0.648. The van der Waals surface area contributed by atoms with Crippen molar-refractivity contribution in [3.05, 3.63) is 29.8 Å². The average Bonchev–Trinajstić information content (AvgIpc) is 2.41. The fourth-order valence-electron chi connectivity index (χ4n) is 1.81. The lowest BCUT2D eigenvalue weighted by atomic mass is 10.2. The molecule has 0 aromatic heterocycles. The fraction of sp³-hybridized carbons (Fsp3) is 0.571. The minimum Gasteiger partial charge on any atom is -0.380 e. The molecule has 0 fully saturated rings. The highest BCUT2D eigenvalue weighted by Gasteiger charge is 2.12. The van der Waals surface area contributed by atoms with Crippen molar-refractivity contribution in [1.82, 2.24) is 5.32 Å². The van der Waals surface area contributed by atoms with Crippen molar-refractivity contribution in [1.29, 1.82) is 0 Å². The number of methoxy groups -OCH3 is 1. The van der Waals surface area contributed by atoms with E-state index >= 15 is 0 Å². The predicted octanol–water partition coefficient (Wildman–Crippen LogP) is 1.96. The Labute approximate surface area is 121 Å². The van der Waals surface area contributed by atoms with Crippen molar-refractivity contribution in [2.75, 3.05) is 30.7 Å². The molecule has 1 rings (SSSR count). The molecular weight excluding hydrogens is 276 g/mol. The molecule has 0 saturated carbocycles. The maximum Gasteiger partial charge on any atom is 0.232 e. The Hall–Kier alpha value is -1.11. The van der Waals surface area contributed by atoms with Gasteiger partial charge < -0.3 is 10.1 Å². The molecule has 1 aromatic carbocycles. The molecule has 0 spiro atoms. The van der Waals surface area contributed by atoms with Gasteiger partial charge in [-0.05, 0) is 32.0 Å². The SMILES string of the molecule is CCCNCCCS(=O)(=O)Nc1ccccc1COC. The largest absolute Gasteiger partial charge is 0.380 e. The highest BCUT2D eigenvalue weighted by molar-refractivity contribution is 7.92. The number of rotatable bonds is 10. The highest BCUT2D eigenvalue weighted by Crippen LogP contribution is 2.17. The van der Waals surface area contributed by atoms with Gasteiger partial charge in [0.15, 0.2) is 0 Å². The molecule has 6 heteroatoms. The Morgan fingerprint density at radius 2 is 1.95 bits per heavy atom. The van der Waals surface area contributed by atoms with E-state index in [0.29, 0.717) is 25.3 Å². The van der Waals surface area contributed by atoms with Crippen LogP contribution in [0.5, 0.6) is 0 Å². The molecule has 1 aromatic rings. The molecule has 114 valence electrons. The number of benzene rings is 1. The van der Waals surface area contributed by atoms with Gasteiger partial charge in [0.05, 0.1) is 18.0 Å². The van der Waals surface area contributed by atoms with Crippen LogP contribution in [0.3, 0.4) is 0 Å². The van der Waals surface area contributed by atoms with Gasteiger partial charge in [-0.1, -0.05) is 25.1 Å². The smallest absolute Gasteiger partial charge is 0.232 e. The molecule has 0 aliphatic heterocycles. The third-order valence-electron chi connectivity index (χ3n) is 2.78. The number of ether oxygens (including phenoxy) is 1. The van der Waals surface area contributed by atoms with Gasteiger partial charge in [0.1, 0.15) is 0 Å². The van der Waals surface area contributed by atoms with Crippen LogP contribution in [-0.4, -0.2) is 34.4 Å². The van der Waals surface area contributed by atoms with Gasteiger partial charge in [0.25, 0.3) is 0 Å². The maximum atomic E-state index is 12.0. The summed E-state index contributed by atoms with van der Waals surface area (Å²) >= 11 is 0. The van der Waals surface area contributed by atoms with Gasteiger partial charge in [-0.3, -0.25) is 4.72 Å². The van der Waals surface area contributed by atoms with Crippen LogP contribution in [0.25, 0.3) is 0 Å². The van der Waals surface area contributed by atoms with Crippen LogP contribution in [0.1, 0.15) is 25.3 Å². The van der Waals surface area contributed by atoms with Crippen LogP contribution in [0, 0.1) is 0 Å². The summed E-state index contributed by atoms with van der Waals surface area (Å²) in [4.78, 5) is 0. The van der Waals surface area contributed by atoms with Crippen LogP contribution >= 0.6 is 0 Å². The normalized spacial score (nSPS) is 11.5. The summed E-state index contributed by atoms with van der Waals surface area (Å²) in [5.74, 6) is 0.116. The molecule has 0 aliphatic carbocycles. The summed E-state index contributed by atoms with van der Waals surface area (Å²) in [6, 6.07) is 7.27. The number of hydrogen-bond acceptors (Lipinski definition) is 4. The van der Waals surface area contributed by atoms with E-state index in [-0.39, 0.29) is 5.75 Å². The van der Waals surface area contributed by atoms with Crippen LogP contribution < -0.4 is 10.0 Å². The van der Waals surface area contributed by atoms with Crippen molar-refractivity contribution in [2.24, 2.45) is 0 Å². The van der Waals surface area contributed by atoms with Crippen LogP contribution in [-0.2, 0) is 21.4 Å². The summed E-state index contributed by atoms with van der Waals surface area (Å²) in [5, 5.41) is 3.19. The van der Waals surface area contributed by atoms with Gasteiger partial charge in [-0.2, -0.15) is 0 Å². The van der Waals surface area contributed by atoms with E-state index in [1.807, 2.05) is 12.1 Å². The van der Waals surface area contributed by atoms with Crippen molar-refractivity contribution in [3.63, 3.8) is 0 Å². The first-order valence-corrected chi connectivity index (χ1v) is 8.52. The van der Waals surface area contributed by atoms with E-state index in [1.165, 1.54) is 0 Å². The number of hydrogen-bond donors (Lipinski definition) is 2. The molecule has 0 radical (unpaired) electrons. The van der Waals surface area contributed by atoms with Crippen LogP contribution in [0.4, 0.5) is 5.69 Å². The number of nitrogens with one attached hydrogen (secondary N) is 2. The highest BCUT2D eigenvalue weighted by atomic mass is 32.2. The summed E-state index contributed by atoms with van der Waals surface area (Å²) in [5.41, 5.74) is 1.43. The minimum atomic E-state index is -3.31. The summed E-state index contributed by atoms with van der Waals surface area (Å²) in [6.45, 7) is 4.10. The first-order valence-electron chi connectivity index (χ1n) is 6.87. The van der Waals surface area contributed by atoms with Crippen LogP contribution in [0.2, 0.25) is 0 Å². The summed E-state index contributed by atoms with van der Waals surface area (Å²) < 4.78 is 31.7. The zero-order chi connectivity index (χ0) is 14.8. The Balaban J connectivity index is 2.53. The predicted molar refractivity (Wildman–Crippen MR) is 82.3 cm³/mol. The monoisotopic (exact) mass is 300 g/mol. The number of para-hydroxylation sites is 1. The topological polar surface area (TPSA) is 67.4 Å². The Morgan fingerprint density at radius 1 is 1.20 bits per heavy atom.